The molecule has 0 amide bonds. The van der Waals surface area contributed by atoms with Crippen molar-refractivity contribution in [3.8, 4) is 5.75 Å². The molecule has 0 aliphatic heterocycles. The van der Waals surface area contributed by atoms with Crippen LogP contribution >= 0.6 is 0 Å². The molecule has 0 aliphatic rings. The molecule has 0 N–H and O–H groups in total. The highest BCUT2D eigenvalue weighted by Crippen LogP contribution is 2.28. The first-order valence-electron chi connectivity index (χ1n) is 7.14. The summed E-state index contributed by atoms with van der Waals surface area (Å²) in [6.07, 6.45) is 3.05. The van der Waals surface area contributed by atoms with Gasteiger partial charge in [-0.2, -0.15) is 4.31 Å². The summed E-state index contributed by atoms with van der Waals surface area (Å²) in [5.41, 5.74) is 1.62. The standard InChI is InChI=1S/C16H21NO5S/c1-13-4-5-15(21-3)16(10-13)23(18,19)17(7-9-20-2)11-14-6-8-22-12-14/h4-6,8,10,12H,7,9,11H2,1-3H3. The van der Waals surface area contributed by atoms with Gasteiger partial charge in [0.2, 0.25) is 10.0 Å². The molecule has 0 fully saturated rings. The highest BCUT2D eigenvalue weighted by atomic mass is 32.2. The Balaban J connectivity index is 2.40. The van der Waals surface area contributed by atoms with Gasteiger partial charge in [-0.05, 0) is 30.7 Å². The molecule has 1 heterocycles. The third kappa shape index (κ3) is 4.13. The minimum absolute atomic E-state index is 0.152. The van der Waals surface area contributed by atoms with Crippen molar-refractivity contribution in [2.75, 3.05) is 27.4 Å². The Labute approximate surface area is 136 Å². The van der Waals surface area contributed by atoms with Crippen LogP contribution in [0.25, 0.3) is 0 Å². The Morgan fingerprint density at radius 2 is 2.00 bits per heavy atom. The smallest absolute Gasteiger partial charge is 0.247 e. The number of benzene rings is 1. The van der Waals surface area contributed by atoms with Gasteiger partial charge >= 0.3 is 0 Å². The van der Waals surface area contributed by atoms with Crippen LogP contribution in [0.3, 0.4) is 0 Å². The molecule has 7 heteroatoms. The van der Waals surface area contributed by atoms with E-state index in [2.05, 4.69) is 0 Å². The predicted octanol–water partition coefficient (Wildman–Crippen LogP) is 2.43. The topological polar surface area (TPSA) is 69.0 Å². The lowest BCUT2D eigenvalue weighted by molar-refractivity contribution is 0.177. The molecule has 0 bridgehead atoms. The van der Waals surface area contributed by atoms with Crippen LogP contribution in [0.2, 0.25) is 0 Å². The summed E-state index contributed by atoms with van der Waals surface area (Å²) < 4.78 is 42.8. The van der Waals surface area contributed by atoms with Crippen molar-refractivity contribution in [1.29, 1.82) is 0 Å². The van der Waals surface area contributed by atoms with E-state index < -0.39 is 10.0 Å². The van der Waals surface area contributed by atoms with Gasteiger partial charge in [-0.15, -0.1) is 0 Å². The normalized spacial score (nSPS) is 11.8. The lowest BCUT2D eigenvalue weighted by Gasteiger charge is -2.22. The van der Waals surface area contributed by atoms with Crippen LogP contribution in [0.15, 0.2) is 46.1 Å². The van der Waals surface area contributed by atoms with Crippen molar-refractivity contribution >= 4 is 10.0 Å². The minimum Gasteiger partial charge on any atom is -0.495 e. The zero-order chi connectivity index (χ0) is 16.9. The molecular formula is C16H21NO5S. The van der Waals surface area contributed by atoms with E-state index in [1.807, 2.05) is 13.0 Å². The van der Waals surface area contributed by atoms with Gasteiger partial charge in [0, 0.05) is 25.8 Å². The first-order chi connectivity index (χ1) is 11.0. The number of ether oxygens (including phenoxy) is 2. The Kier molecular flexibility index (Phi) is 5.81. The fraction of sp³-hybridized carbons (Fsp3) is 0.375. The number of furan rings is 1. The lowest BCUT2D eigenvalue weighted by Crippen LogP contribution is -2.33. The first kappa shape index (κ1) is 17.5. The lowest BCUT2D eigenvalue weighted by atomic mass is 10.2. The fourth-order valence-corrected chi connectivity index (χ4v) is 3.84. The van der Waals surface area contributed by atoms with Crippen LogP contribution in [0.5, 0.6) is 5.75 Å². The van der Waals surface area contributed by atoms with Crippen molar-refractivity contribution in [3.05, 3.63) is 47.9 Å². The number of methoxy groups -OCH3 is 2. The van der Waals surface area contributed by atoms with E-state index >= 15 is 0 Å². The van der Waals surface area contributed by atoms with E-state index in [-0.39, 0.29) is 18.0 Å². The summed E-state index contributed by atoms with van der Waals surface area (Å²) in [7, 11) is -0.733. The second-order valence-electron chi connectivity index (χ2n) is 5.12. The molecule has 126 valence electrons. The Hall–Kier alpha value is -1.83. The van der Waals surface area contributed by atoms with Crippen molar-refractivity contribution in [3.63, 3.8) is 0 Å². The monoisotopic (exact) mass is 339 g/mol. The first-order valence-corrected chi connectivity index (χ1v) is 8.58. The summed E-state index contributed by atoms with van der Waals surface area (Å²) in [4.78, 5) is 0.152. The highest BCUT2D eigenvalue weighted by molar-refractivity contribution is 7.89. The zero-order valence-electron chi connectivity index (χ0n) is 13.5. The minimum atomic E-state index is -3.73. The van der Waals surface area contributed by atoms with Crippen LogP contribution in [0.1, 0.15) is 11.1 Å². The molecule has 0 aliphatic carbocycles. The van der Waals surface area contributed by atoms with E-state index in [4.69, 9.17) is 13.9 Å². The maximum absolute atomic E-state index is 13.1. The highest BCUT2D eigenvalue weighted by Gasteiger charge is 2.28. The van der Waals surface area contributed by atoms with Crippen LogP contribution < -0.4 is 4.74 Å². The number of aryl methyl sites for hydroxylation is 1. The van der Waals surface area contributed by atoms with Crippen molar-refractivity contribution in [1.82, 2.24) is 4.31 Å². The van der Waals surface area contributed by atoms with E-state index in [1.54, 1.807) is 18.2 Å². The quantitative estimate of drug-likeness (QED) is 0.739. The number of hydrogen-bond donors (Lipinski definition) is 0. The maximum Gasteiger partial charge on any atom is 0.247 e. The molecular weight excluding hydrogens is 318 g/mol. The molecule has 2 rings (SSSR count). The number of hydrogen-bond acceptors (Lipinski definition) is 5. The third-order valence-corrected chi connectivity index (χ3v) is 5.29. The van der Waals surface area contributed by atoms with Crippen LogP contribution in [0, 0.1) is 6.92 Å². The number of sulfonamides is 1. The summed E-state index contributed by atoms with van der Waals surface area (Å²) in [5, 5.41) is 0. The van der Waals surface area contributed by atoms with Gasteiger partial charge in [0.1, 0.15) is 10.6 Å². The van der Waals surface area contributed by atoms with E-state index in [0.29, 0.717) is 12.4 Å². The van der Waals surface area contributed by atoms with Crippen LogP contribution in [-0.4, -0.2) is 40.1 Å². The van der Waals surface area contributed by atoms with Crippen molar-refractivity contribution in [2.24, 2.45) is 0 Å². The van der Waals surface area contributed by atoms with Gasteiger partial charge < -0.3 is 13.9 Å². The second kappa shape index (κ2) is 7.63. The molecule has 0 saturated heterocycles. The predicted molar refractivity (Wildman–Crippen MR) is 85.9 cm³/mol. The second-order valence-corrected chi connectivity index (χ2v) is 7.02. The SMILES string of the molecule is COCCN(Cc1ccoc1)S(=O)(=O)c1cc(C)ccc1OC. The Morgan fingerprint density at radius 3 is 2.61 bits per heavy atom. The molecule has 6 nitrogen and oxygen atoms in total. The van der Waals surface area contributed by atoms with Gasteiger partial charge in [0.25, 0.3) is 0 Å². The van der Waals surface area contributed by atoms with E-state index in [0.717, 1.165) is 11.1 Å². The molecule has 0 spiro atoms. The molecule has 1 aromatic heterocycles. The summed E-state index contributed by atoms with van der Waals surface area (Å²) in [5.74, 6) is 0.324. The molecule has 2 aromatic rings. The fourth-order valence-electron chi connectivity index (χ4n) is 2.19. The summed E-state index contributed by atoms with van der Waals surface area (Å²) in [6, 6.07) is 6.83. The average molecular weight is 339 g/mol. The molecule has 0 radical (unpaired) electrons. The zero-order valence-corrected chi connectivity index (χ0v) is 14.3. The van der Waals surface area contributed by atoms with Crippen LogP contribution in [-0.2, 0) is 21.3 Å². The largest absolute Gasteiger partial charge is 0.495 e. The molecule has 1 aromatic carbocycles. The molecule has 0 unspecified atom stereocenters. The summed E-state index contributed by atoms with van der Waals surface area (Å²) >= 11 is 0. The van der Waals surface area contributed by atoms with Gasteiger partial charge in [-0.25, -0.2) is 8.42 Å². The third-order valence-electron chi connectivity index (χ3n) is 3.42. The van der Waals surface area contributed by atoms with Crippen molar-refractivity contribution < 1.29 is 22.3 Å². The molecule has 0 atom stereocenters. The average Bonchev–Trinajstić information content (AvgIpc) is 3.04. The molecule has 23 heavy (non-hydrogen) atoms. The molecule has 0 saturated carbocycles. The van der Waals surface area contributed by atoms with Crippen LogP contribution in [0.4, 0.5) is 0 Å². The van der Waals surface area contributed by atoms with Gasteiger partial charge in [0.05, 0.1) is 26.2 Å². The number of nitrogens with zero attached hydrogens (tertiary/aromatic N) is 1. The van der Waals surface area contributed by atoms with Gasteiger partial charge in [0.15, 0.2) is 0 Å². The number of rotatable bonds is 8. The Bertz CT molecular complexity index is 725. The summed E-state index contributed by atoms with van der Waals surface area (Å²) in [6.45, 7) is 2.58. The van der Waals surface area contributed by atoms with Crippen molar-refractivity contribution in [2.45, 2.75) is 18.4 Å². The van der Waals surface area contributed by atoms with E-state index in [1.165, 1.54) is 31.1 Å². The maximum atomic E-state index is 13.1. The van der Waals surface area contributed by atoms with E-state index in [9.17, 15) is 8.42 Å². The van der Waals surface area contributed by atoms with Gasteiger partial charge in [-0.3, -0.25) is 0 Å². The Morgan fingerprint density at radius 1 is 1.22 bits per heavy atom. The van der Waals surface area contributed by atoms with Gasteiger partial charge in [-0.1, -0.05) is 6.07 Å².